The van der Waals surface area contributed by atoms with Crippen molar-refractivity contribution in [2.45, 2.75) is 58.0 Å². The molecule has 2 rings (SSSR count). The van der Waals surface area contributed by atoms with Crippen molar-refractivity contribution in [1.29, 1.82) is 0 Å². The molecule has 1 N–H and O–H groups in total. The van der Waals surface area contributed by atoms with E-state index >= 15 is 0 Å². The molecule has 0 saturated carbocycles. The van der Waals surface area contributed by atoms with Crippen molar-refractivity contribution in [2.24, 2.45) is 0 Å². The number of benzene rings is 2. The van der Waals surface area contributed by atoms with Gasteiger partial charge in [0.25, 0.3) is 0 Å². The molecule has 1 amide bonds. The number of unbranched alkanes of at least 4 members (excludes halogenated alkanes) is 2. The molecule has 1 unspecified atom stereocenters. The molecule has 0 radical (unpaired) electrons. The zero-order chi connectivity index (χ0) is 28.0. The van der Waals surface area contributed by atoms with E-state index in [1.54, 1.807) is 55.5 Å². The zero-order valence-electron chi connectivity index (χ0n) is 22.2. The molecular weight excluding hydrogens is 500 g/mol. The molecule has 0 aliphatic carbocycles. The Morgan fingerprint density at radius 1 is 1.00 bits per heavy atom. The van der Waals surface area contributed by atoms with Crippen LogP contribution in [0.4, 0.5) is 13.6 Å². The number of hydrogen-bond acceptors (Lipinski definition) is 6. The average Bonchev–Trinajstić information content (AvgIpc) is 2.87. The van der Waals surface area contributed by atoms with E-state index in [4.69, 9.17) is 18.9 Å². The Morgan fingerprint density at radius 2 is 1.71 bits per heavy atom. The second-order valence-corrected chi connectivity index (χ2v) is 8.89. The number of carboxylic acid groups (broad SMARTS) is 1. The fraction of sp³-hybridized carbons (Fsp3) is 0.500. The SMILES string of the molecule is CCOC(Cc1ccc(OCCN(CCCCCC(C)(F)F)C(=O)Oc2cccc(OC)c2)cc1)C(=O)O. The standard InChI is InChI=1S/C28H37F2NO7/c1-4-36-25(26(32)33)19-21-11-13-22(14-12-21)37-18-17-31(16-7-5-6-15-28(2,29)30)27(34)38-24-10-8-9-23(20-24)35-3/h8-14,20,25H,4-7,15-19H2,1-3H3,(H,32,33). The number of aliphatic carboxylic acids is 1. The minimum atomic E-state index is -2.70. The van der Waals surface area contributed by atoms with E-state index < -0.39 is 24.1 Å². The Labute approximate surface area is 222 Å². The first-order valence-electron chi connectivity index (χ1n) is 12.7. The van der Waals surface area contributed by atoms with Gasteiger partial charge in [-0.25, -0.2) is 18.4 Å². The maximum absolute atomic E-state index is 13.1. The Kier molecular flexibility index (Phi) is 12.8. The van der Waals surface area contributed by atoms with Gasteiger partial charge in [0, 0.05) is 32.1 Å². The highest BCUT2D eigenvalue weighted by Gasteiger charge is 2.21. The summed E-state index contributed by atoms with van der Waals surface area (Å²) in [7, 11) is 1.51. The van der Waals surface area contributed by atoms with Crippen LogP contribution in [0.1, 0.15) is 45.1 Å². The van der Waals surface area contributed by atoms with E-state index in [2.05, 4.69) is 0 Å². The van der Waals surface area contributed by atoms with Gasteiger partial charge >= 0.3 is 12.1 Å². The van der Waals surface area contributed by atoms with Crippen LogP contribution >= 0.6 is 0 Å². The highest BCUT2D eigenvalue weighted by Crippen LogP contribution is 2.22. The molecule has 38 heavy (non-hydrogen) atoms. The molecular formula is C28H37F2NO7. The summed E-state index contributed by atoms with van der Waals surface area (Å²) in [5.41, 5.74) is 0.791. The number of carboxylic acids is 1. The lowest BCUT2D eigenvalue weighted by Gasteiger charge is -2.22. The van der Waals surface area contributed by atoms with Crippen LogP contribution in [0.2, 0.25) is 0 Å². The fourth-order valence-corrected chi connectivity index (χ4v) is 3.67. The molecule has 2 aromatic carbocycles. The number of nitrogens with zero attached hydrogens (tertiary/aromatic N) is 1. The largest absolute Gasteiger partial charge is 0.497 e. The minimum Gasteiger partial charge on any atom is -0.497 e. The van der Waals surface area contributed by atoms with Gasteiger partial charge in [-0.2, -0.15) is 0 Å². The topological polar surface area (TPSA) is 94.5 Å². The van der Waals surface area contributed by atoms with Crippen molar-refractivity contribution in [1.82, 2.24) is 4.90 Å². The number of methoxy groups -OCH3 is 1. The highest BCUT2D eigenvalue weighted by molar-refractivity contribution is 5.72. The Balaban J connectivity index is 1.93. The summed E-state index contributed by atoms with van der Waals surface area (Å²) in [6, 6.07) is 13.7. The molecule has 0 fully saturated rings. The summed E-state index contributed by atoms with van der Waals surface area (Å²) in [4.78, 5) is 25.6. The molecule has 0 saturated heterocycles. The van der Waals surface area contributed by atoms with Crippen molar-refractivity contribution >= 4 is 12.1 Å². The number of hydrogen-bond donors (Lipinski definition) is 1. The van der Waals surface area contributed by atoms with Crippen LogP contribution in [0, 0.1) is 0 Å². The van der Waals surface area contributed by atoms with Gasteiger partial charge in [-0.3, -0.25) is 0 Å². The lowest BCUT2D eigenvalue weighted by Crippen LogP contribution is -2.37. The summed E-state index contributed by atoms with van der Waals surface area (Å²) in [5, 5.41) is 9.25. The molecule has 0 aliphatic heterocycles. The average molecular weight is 538 g/mol. The van der Waals surface area contributed by atoms with Crippen LogP contribution in [0.3, 0.4) is 0 Å². The molecule has 2 aromatic rings. The lowest BCUT2D eigenvalue weighted by atomic mass is 10.1. The smallest absolute Gasteiger partial charge is 0.415 e. The van der Waals surface area contributed by atoms with Gasteiger partial charge < -0.3 is 29.0 Å². The Bertz CT molecular complexity index is 995. The van der Waals surface area contributed by atoms with Crippen molar-refractivity contribution in [3.05, 3.63) is 54.1 Å². The monoisotopic (exact) mass is 537 g/mol. The number of ether oxygens (including phenoxy) is 4. The van der Waals surface area contributed by atoms with E-state index in [0.717, 1.165) is 12.5 Å². The minimum absolute atomic E-state index is 0.177. The van der Waals surface area contributed by atoms with E-state index in [0.29, 0.717) is 49.7 Å². The summed E-state index contributed by atoms with van der Waals surface area (Å²) in [6.45, 7) is 3.68. The Morgan fingerprint density at radius 3 is 2.34 bits per heavy atom. The molecule has 0 heterocycles. The van der Waals surface area contributed by atoms with Crippen molar-refractivity contribution in [2.75, 3.05) is 33.4 Å². The van der Waals surface area contributed by atoms with E-state index in [1.165, 1.54) is 12.0 Å². The van der Waals surface area contributed by atoms with Gasteiger partial charge in [-0.05, 0) is 56.5 Å². The molecule has 0 bridgehead atoms. The second kappa shape index (κ2) is 15.8. The maximum Gasteiger partial charge on any atom is 0.415 e. The van der Waals surface area contributed by atoms with Gasteiger partial charge in [0.05, 0.1) is 13.7 Å². The zero-order valence-corrected chi connectivity index (χ0v) is 22.2. The number of amides is 1. The quantitative estimate of drug-likeness (QED) is 0.254. The first-order valence-corrected chi connectivity index (χ1v) is 12.7. The number of carbonyl (C=O) groups excluding carboxylic acids is 1. The molecule has 0 aliphatic rings. The third-order valence-corrected chi connectivity index (χ3v) is 5.67. The number of halogens is 2. The third kappa shape index (κ3) is 11.8. The highest BCUT2D eigenvalue weighted by atomic mass is 19.3. The summed E-state index contributed by atoms with van der Waals surface area (Å²) in [6.07, 6.45) is -0.00344. The third-order valence-electron chi connectivity index (χ3n) is 5.67. The molecule has 8 nitrogen and oxygen atoms in total. The molecule has 210 valence electrons. The number of alkyl halides is 2. The van der Waals surface area contributed by atoms with Gasteiger partial charge in [0.15, 0.2) is 6.10 Å². The van der Waals surface area contributed by atoms with Crippen molar-refractivity contribution in [3.8, 4) is 17.2 Å². The number of carbonyl (C=O) groups is 2. The van der Waals surface area contributed by atoms with Gasteiger partial charge in [-0.15, -0.1) is 0 Å². The Hall–Kier alpha value is -3.40. The molecule has 0 aromatic heterocycles. The lowest BCUT2D eigenvalue weighted by molar-refractivity contribution is -0.149. The maximum atomic E-state index is 13.1. The van der Waals surface area contributed by atoms with E-state index in [9.17, 15) is 23.5 Å². The predicted molar refractivity (Wildman–Crippen MR) is 138 cm³/mol. The van der Waals surface area contributed by atoms with Gasteiger partial charge in [0.1, 0.15) is 23.9 Å². The van der Waals surface area contributed by atoms with Crippen LogP contribution in [0.15, 0.2) is 48.5 Å². The second-order valence-electron chi connectivity index (χ2n) is 8.89. The summed E-state index contributed by atoms with van der Waals surface area (Å²) >= 11 is 0. The normalized spacial score (nSPS) is 12.0. The van der Waals surface area contributed by atoms with Gasteiger partial charge in [0.2, 0.25) is 5.92 Å². The van der Waals surface area contributed by atoms with E-state index in [1.807, 2.05) is 0 Å². The van der Waals surface area contributed by atoms with Crippen LogP contribution in [-0.4, -0.2) is 67.5 Å². The fourth-order valence-electron chi connectivity index (χ4n) is 3.67. The molecule has 1 atom stereocenters. The molecule has 10 heteroatoms. The number of rotatable bonds is 17. The predicted octanol–water partition coefficient (Wildman–Crippen LogP) is 5.82. The van der Waals surface area contributed by atoms with Crippen LogP contribution < -0.4 is 14.2 Å². The van der Waals surface area contributed by atoms with Crippen LogP contribution in [0.25, 0.3) is 0 Å². The first kappa shape index (κ1) is 30.8. The summed E-state index contributed by atoms with van der Waals surface area (Å²) < 4.78 is 47.9. The summed E-state index contributed by atoms with van der Waals surface area (Å²) in [5.74, 6) is -2.29. The van der Waals surface area contributed by atoms with Crippen molar-refractivity contribution in [3.63, 3.8) is 0 Å². The first-order chi connectivity index (χ1) is 18.1. The van der Waals surface area contributed by atoms with Crippen LogP contribution in [0.5, 0.6) is 17.2 Å². The van der Waals surface area contributed by atoms with Crippen LogP contribution in [-0.2, 0) is 16.0 Å². The van der Waals surface area contributed by atoms with Crippen molar-refractivity contribution < 1.29 is 42.4 Å². The van der Waals surface area contributed by atoms with E-state index in [-0.39, 0.29) is 26.0 Å². The van der Waals surface area contributed by atoms with Gasteiger partial charge in [-0.1, -0.05) is 24.6 Å². The molecule has 0 spiro atoms.